The van der Waals surface area contributed by atoms with E-state index >= 15 is 0 Å². The van der Waals surface area contributed by atoms with Crippen molar-refractivity contribution in [3.63, 3.8) is 0 Å². The highest BCUT2D eigenvalue weighted by Gasteiger charge is 2.37. The van der Waals surface area contributed by atoms with Gasteiger partial charge < -0.3 is 9.84 Å². The molecule has 1 rings (SSSR count). The van der Waals surface area contributed by atoms with Crippen LogP contribution >= 0.6 is 0 Å². The van der Waals surface area contributed by atoms with Crippen LogP contribution in [-0.4, -0.2) is 31.4 Å². The molecule has 1 N–H and O–H groups in total. The summed E-state index contributed by atoms with van der Waals surface area (Å²) >= 11 is 0. The molecule has 0 aliphatic rings. The molecule has 1 aromatic carbocycles. The SMILES string of the molecule is CCCCCCC(C(=O)OCCC)S(=O)(=O)c1cc(C(C)(C)C)c(O)c(C(C)(C)C)c1. The highest BCUT2D eigenvalue weighted by Crippen LogP contribution is 2.41. The van der Waals surface area contributed by atoms with Gasteiger partial charge in [-0.1, -0.05) is 81.1 Å². The quantitative estimate of drug-likeness (QED) is 0.344. The Morgan fingerprint density at radius 2 is 1.45 bits per heavy atom. The predicted molar refractivity (Wildman–Crippen MR) is 126 cm³/mol. The van der Waals surface area contributed by atoms with Crippen LogP contribution in [0, 0.1) is 0 Å². The van der Waals surface area contributed by atoms with Gasteiger partial charge in [-0.15, -0.1) is 0 Å². The number of hydrogen-bond donors (Lipinski definition) is 1. The Hall–Kier alpha value is -1.56. The molecule has 0 bridgehead atoms. The number of ether oxygens (including phenoxy) is 1. The molecule has 178 valence electrons. The van der Waals surface area contributed by atoms with E-state index in [-0.39, 0.29) is 23.7 Å². The maximum atomic E-state index is 13.7. The molecule has 1 aromatic rings. The molecule has 31 heavy (non-hydrogen) atoms. The summed E-state index contributed by atoms with van der Waals surface area (Å²) in [5, 5.41) is 9.69. The molecule has 0 amide bonds. The van der Waals surface area contributed by atoms with Crippen LogP contribution < -0.4 is 0 Å². The summed E-state index contributed by atoms with van der Waals surface area (Å²) < 4.78 is 32.6. The molecule has 0 aromatic heterocycles. The van der Waals surface area contributed by atoms with Crippen molar-refractivity contribution in [1.29, 1.82) is 0 Å². The Labute approximate surface area is 189 Å². The molecule has 0 aliphatic carbocycles. The first-order valence-electron chi connectivity index (χ1n) is 11.5. The summed E-state index contributed by atoms with van der Waals surface area (Å²) in [4.78, 5) is 12.8. The molecule has 0 saturated heterocycles. The average Bonchev–Trinajstić information content (AvgIpc) is 2.64. The Morgan fingerprint density at radius 1 is 0.935 bits per heavy atom. The zero-order valence-electron chi connectivity index (χ0n) is 20.7. The van der Waals surface area contributed by atoms with Crippen LogP contribution in [0.15, 0.2) is 17.0 Å². The third-order valence-corrected chi connectivity index (χ3v) is 7.50. The molecule has 0 heterocycles. The summed E-state index contributed by atoms with van der Waals surface area (Å²) in [7, 11) is -3.99. The van der Waals surface area contributed by atoms with Gasteiger partial charge in [-0.05, 0) is 35.8 Å². The zero-order valence-corrected chi connectivity index (χ0v) is 21.5. The minimum absolute atomic E-state index is 0.0779. The minimum atomic E-state index is -3.99. The van der Waals surface area contributed by atoms with Gasteiger partial charge >= 0.3 is 5.97 Å². The Balaban J connectivity index is 3.58. The molecule has 0 saturated carbocycles. The van der Waals surface area contributed by atoms with Crippen LogP contribution in [0.25, 0.3) is 0 Å². The number of hydrogen-bond acceptors (Lipinski definition) is 5. The van der Waals surface area contributed by atoms with E-state index in [0.717, 1.165) is 19.3 Å². The standard InChI is InChI=1S/C25H42O5S/c1-9-11-12-13-14-21(23(27)30-15-10-2)31(28,29)18-16-19(24(3,4)5)22(26)20(17-18)25(6,7)8/h16-17,21,26H,9-15H2,1-8H3. The number of carbonyl (C=O) groups excluding carboxylic acids is 1. The van der Waals surface area contributed by atoms with Crippen LogP contribution in [0.2, 0.25) is 0 Å². The topological polar surface area (TPSA) is 80.7 Å². The molecule has 0 fully saturated rings. The Kier molecular flexibility index (Phi) is 9.61. The van der Waals surface area contributed by atoms with E-state index in [0.29, 0.717) is 24.0 Å². The maximum absolute atomic E-state index is 13.7. The molecule has 0 radical (unpaired) electrons. The Morgan fingerprint density at radius 3 is 1.87 bits per heavy atom. The molecule has 1 atom stereocenters. The van der Waals surface area contributed by atoms with Crippen LogP contribution in [0.3, 0.4) is 0 Å². The fraction of sp³-hybridized carbons (Fsp3) is 0.720. The Bertz CT molecular complexity index is 807. The number of benzene rings is 1. The monoisotopic (exact) mass is 454 g/mol. The lowest BCUT2D eigenvalue weighted by Gasteiger charge is -2.28. The first-order valence-corrected chi connectivity index (χ1v) is 13.0. The number of phenols is 1. The summed E-state index contributed by atoms with van der Waals surface area (Å²) in [5.74, 6) is -0.562. The van der Waals surface area contributed by atoms with E-state index in [9.17, 15) is 18.3 Å². The van der Waals surface area contributed by atoms with Gasteiger partial charge in [0.25, 0.3) is 0 Å². The van der Waals surface area contributed by atoms with Gasteiger partial charge in [-0.3, -0.25) is 4.79 Å². The predicted octanol–water partition coefficient (Wildman–Crippen LogP) is 6.05. The summed E-state index contributed by atoms with van der Waals surface area (Å²) in [6.07, 6.45) is 4.42. The van der Waals surface area contributed by atoms with Crippen molar-refractivity contribution < 1.29 is 23.1 Å². The van der Waals surface area contributed by atoms with E-state index in [1.807, 2.05) is 48.5 Å². The smallest absolute Gasteiger partial charge is 0.324 e. The lowest BCUT2D eigenvalue weighted by atomic mass is 9.79. The number of esters is 1. The minimum Gasteiger partial charge on any atom is -0.507 e. The summed E-state index contributed by atoms with van der Waals surface area (Å²) in [6.45, 7) is 15.8. The number of sulfone groups is 1. The highest BCUT2D eigenvalue weighted by molar-refractivity contribution is 7.92. The van der Waals surface area contributed by atoms with Crippen molar-refractivity contribution in [3.05, 3.63) is 23.3 Å². The summed E-state index contributed by atoms with van der Waals surface area (Å²) in [5.41, 5.74) is 0.194. The van der Waals surface area contributed by atoms with Crippen molar-refractivity contribution in [1.82, 2.24) is 0 Å². The van der Waals surface area contributed by atoms with Crippen LogP contribution in [0.4, 0.5) is 0 Å². The van der Waals surface area contributed by atoms with Crippen molar-refractivity contribution >= 4 is 15.8 Å². The van der Waals surface area contributed by atoms with E-state index in [1.165, 1.54) is 12.1 Å². The number of unbranched alkanes of at least 4 members (excludes halogenated alkanes) is 3. The van der Waals surface area contributed by atoms with Gasteiger partial charge in [0.2, 0.25) is 0 Å². The van der Waals surface area contributed by atoms with Crippen molar-refractivity contribution in [2.24, 2.45) is 0 Å². The first kappa shape index (κ1) is 27.5. The van der Waals surface area contributed by atoms with Gasteiger partial charge in [-0.25, -0.2) is 8.42 Å². The number of aromatic hydroxyl groups is 1. The molecule has 5 nitrogen and oxygen atoms in total. The van der Waals surface area contributed by atoms with E-state index in [1.54, 1.807) is 0 Å². The van der Waals surface area contributed by atoms with E-state index < -0.39 is 31.9 Å². The fourth-order valence-electron chi connectivity index (χ4n) is 3.53. The third-order valence-electron chi connectivity index (χ3n) is 5.43. The molecule has 6 heteroatoms. The molecule has 1 unspecified atom stereocenters. The van der Waals surface area contributed by atoms with Crippen LogP contribution in [0.1, 0.15) is 105 Å². The van der Waals surface area contributed by atoms with E-state index in [2.05, 4.69) is 6.92 Å². The zero-order chi connectivity index (χ0) is 24.0. The lowest BCUT2D eigenvalue weighted by molar-refractivity contribution is -0.143. The van der Waals surface area contributed by atoms with Crippen molar-refractivity contribution in [2.45, 2.75) is 115 Å². The van der Waals surface area contributed by atoms with Crippen LogP contribution in [0.5, 0.6) is 5.75 Å². The molecule has 0 spiro atoms. The van der Waals surface area contributed by atoms with Crippen molar-refractivity contribution in [3.8, 4) is 5.75 Å². The average molecular weight is 455 g/mol. The normalized spacial score (nSPS) is 13.8. The van der Waals surface area contributed by atoms with Gasteiger partial charge in [0.05, 0.1) is 11.5 Å². The second-order valence-corrected chi connectivity index (χ2v) is 12.5. The second kappa shape index (κ2) is 10.8. The molecular formula is C25H42O5S. The van der Waals surface area contributed by atoms with Crippen molar-refractivity contribution in [2.75, 3.05) is 6.61 Å². The van der Waals surface area contributed by atoms with Gasteiger partial charge in [0, 0.05) is 11.1 Å². The largest absolute Gasteiger partial charge is 0.507 e. The number of rotatable bonds is 10. The maximum Gasteiger partial charge on any atom is 0.324 e. The molecule has 0 aliphatic heterocycles. The van der Waals surface area contributed by atoms with Crippen LogP contribution in [-0.2, 0) is 30.2 Å². The number of phenolic OH excluding ortho intramolecular Hbond substituents is 1. The summed E-state index contributed by atoms with van der Waals surface area (Å²) in [6, 6.07) is 3.07. The van der Waals surface area contributed by atoms with E-state index in [4.69, 9.17) is 4.74 Å². The number of carbonyl (C=O) groups is 1. The van der Waals surface area contributed by atoms with Gasteiger partial charge in [0.1, 0.15) is 5.75 Å². The highest BCUT2D eigenvalue weighted by atomic mass is 32.2. The fourth-order valence-corrected chi connectivity index (χ4v) is 5.22. The third kappa shape index (κ3) is 7.23. The molecular weight excluding hydrogens is 412 g/mol. The first-order chi connectivity index (χ1) is 14.2. The van der Waals surface area contributed by atoms with Gasteiger partial charge in [-0.2, -0.15) is 0 Å². The van der Waals surface area contributed by atoms with Gasteiger partial charge in [0.15, 0.2) is 15.1 Å². The lowest BCUT2D eigenvalue weighted by Crippen LogP contribution is -2.33. The second-order valence-electron chi connectivity index (χ2n) is 10.4.